The largest absolute Gasteiger partial charge is 0.493 e. The van der Waals surface area contributed by atoms with Gasteiger partial charge in [-0.1, -0.05) is 69.7 Å². The maximum absolute atomic E-state index is 14.6. The molecule has 1 atom stereocenters. The van der Waals surface area contributed by atoms with Gasteiger partial charge in [0.05, 0.1) is 30.4 Å². The third kappa shape index (κ3) is 12.5. The van der Waals surface area contributed by atoms with Crippen LogP contribution in [0.3, 0.4) is 0 Å². The summed E-state index contributed by atoms with van der Waals surface area (Å²) in [4.78, 5) is 25.2. The summed E-state index contributed by atoms with van der Waals surface area (Å²) in [6, 6.07) is 16.4. The van der Waals surface area contributed by atoms with Gasteiger partial charge in [0.25, 0.3) is 0 Å². The molecule has 0 saturated heterocycles. The van der Waals surface area contributed by atoms with Gasteiger partial charge in [-0.2, -0.15) is 30.7 Å². The van der Waals surface area contributed by atoms with Crippen LogP contribution in [0.1, 0.15) is 92.4 Å². The van der Waals surface area contributed by atoms with Crippen molar-refractivity contribution in [2.45, 2.75) is 95.8 Å². The molecule has 14 heteroatoms. The van der Waals surface area contributed by atoms with E-state index in [4.69, 9.17) is 14.2 Å². The molecular formula is C38H42F8O6. The van der Waals surface area contributed by atoms with Crippen LogP contribution in [-0.4, -0.2) is 55.9 Å². The Labute approximate surface area is 297 Å². The summed E-state index contributed by atoms with van der Waals surface area (Å²) >= 11 is 0. The van der Waals surface area contributed by atoms with Gasteiger partial charge >= 0.3 is 30.0 Å². The number of hydrogen-bond donors (Lipinski definition) is 0. The fourth-order valence-electron chi connectivity index (χ4n) is 4.98. The van der Waals surface area contributed by atoms with E-state index in [1.807, 2.05) is 6.92 Å². The second kappa shape index (κ2) is 19.6. The molecule has 3 rings (SSSR count). The van der Waals surface area contributed by atoms with Crippen molar-refractivity contribution < 1.29 is 63.7 Å². The minimum atomic E-state index is -6.45. The molecule has 0 fully saturated rings. The van der Waals surface area contributed by atoms with Gasteiger partial charge in [0.1, 0.15) is 23.9 Å². The zero-order valence-electron chi connectivity index (χ0n) is 28.9. The quantitative estimate of drug-likeness (QED) is 0.0468. The van der Waals surface area contributed by atoms with Crippen LogP contribution in [-0.2, 0) is 9.47 Å². The molecule has 3 aromatic rings. The first-order chi connectivity index (χ1) is 24.6. The first-order valence-electron chi connectivity index (χ1n) is 17.0. The number of benzene rings is 3. The number of carbonyl (C=O) groups excluding carboxylic acids is 2. The lowest BCUT2D eigenvalue weighted by Crippen LogP contribution is -2.54. The van der Waals surface area contributed by atoms with Gasteiger partial charge in [-0.25, -0.2) is 14.0 Å². The van der Waals surface area contributed by atoms with Gasteiger partial charge in [-0.3, -0.25) is 0 Å². The van der Waals surface area contributed by atoms with Gasteiger partial charge < -0.3 is 18.9 Å². The Morgan fingerprint density at radius 2 is 1.27 bits per heavy atom. The molecule has 0 heterocycles. The molecule has 0 aliphatic heterocycles. The Balaban J connectivity index is 1.42. The lowest BCUT2D eigenvalue weighted by molar-refractivity contribution is -0.361. The van der Waals surface area contributed by atoms with Crippen LogP contribution in [0.2, 0.25) is 0 Å². The SMILES string of the molecule is CCCCCCCCCC(C)OC(=O)c1ccc(-c2ccc(OC(=O)c3ccc(OCCCOCC(F)(F)C(F)(F)C(F)(F)F)cc3F)cc2)cc1. The Morgan fingerprint density at radius 1 is 0.692 bits per heavy atom. The van der Waals surface area contributed by atoms with E-state index in [0.29, 0.717) is 5.56 Å². The topological polar surface area (TPSA) is 71.1 Å². The van der Waals surface area contributed by atoms with Gasteiger partial charge in [0.15, 0.2) is 0 Å². The zero-order valence-corrected chi connectivity index (χ0v) is 28.9. The lowest BCUT2D eigenvalue weighted by atomic mass is 10.0. The predicted octanol–water partition coefficient (Wildman–Crippen LogP) is 11.0. The van der Waals surface area contributed by atoms with E-state index in [-0.39, 0.29) is 30.6 Å². The smallest absolute Gasteiger partial charge is 0.459 e. The van der Waals surface area contributed by atoms with E-state index < -0.39 is 54.6 Å². The van der Waals surface area contributed by atoms with E-state index >= 15 is 0 Å². The van der Waals surface area contributed by atoms with E-state index in [9.17, 15) is 44.7 Å². The average Bonchev–Trinajstić information content (AvgIpc) is 3.09. The molecule has 0 spiro atoms. The molecule has 52 heavy (non-hydrogen) atoms. The molecule has 0 aromatic heterocycles. The van der Waals surface area contributed by atoms with Crippen LogP contribution in [0.4, 0.5) is 35.1 Å². The Morgan fingerprint density at radius 3 is 1.87 bits per heavy atom. The second-order valence-electron chi connectivity index (χ2n) is 12.3. The highest BCUT2D eigenvalue weighted by molar-refractivity contribution is 5.92. The molecule has 0 bridgehead atoms. The summed E-state index contributed by atoms with van der Waals surface area (Å²) in [5, 5.41) is 0. The van der Waals surface area contributed by atoms with Gasteiger partial charge in [-0.05, 0) is 67.3 Å². The number of unbranched alkanes of at least 4 members (excludes halogenated alkanes) is 6. The Kier molecular flexibility index (Phi) is 15.9. The normalized spacial score (nSPS) is 12.7. The van der Waals surface area contributed by atoms with Crippen molar-refractivity contribution in [1.29, 1.82) is 0 Å². The number of esters is 2. The van der Waals surface area contributed by atoms with Crippen molar-refractivity contribution in [3.63, 3.8) is 0 Å². The fraction of sp³-hybridized carbons (Fsp3) is 0.474. The van der Waals surface area contributed by atoms with Crippen molar-refractivity contribution in [2.24, 2.45) is 0 Å². The van der Waals surface area contributed by atoms with Crippen LogP contribution >= 0.6 is 0 Å². The number of carbonyl (C=O) groups is 2. The molecule has 0 aliphatic carbocycles. The highest BCUT2D eigenvalue weighted by Crippen LogP contribution is 2.46. The fourth-order valence-corrected chi connectivity index (χ4v) is 4.98. The van der Waals surface area contributed by atoms with Crippen LogP contribution in [0, 0.1) is 5.82 Å². The Hall–Kier alpha value is -4.20. The first kappa shape index (κ1) is 42.2. The molecule has 3 aromatic carbocycles. The van der Waals surface area contributed by atoms with Crippen LogP contribution < -0.4 is 9.47 Å². The van der Waals surface area contributed by atoms with Crippen LogP contribution in [0.25, 0.3) is 11.1 Å². The summed E-state index contributed by atoms with van der Waals surface area (Å²) < 4.78 is 124. The van der Waals surface area contributed by atoms with Gasteiger partial charge in [-0.15, -0.1) is 0 Å². The van der Waals surface area contributed by atoms with Crippen LogP contribution in [0.5, 0.6) is 11.5 Å². The molecule has 0 aliphatic rings. The molecule has 0 saturated carbocycles. The minimum Gasteiger partial charge on any atom is -0.493 e. The molecule has 6 nitrogen and oxygen atoms in total. The minimum absolute atomic E-state index is 0.0790. The maximum Gasteiger partial charge on any atom is 0.459 e. The summed E-state index contributed by atoms with van der Waals surface area (Å²) in [5.41, 5.74) is 1.55. The van der Waals surface area contributed by atoms with E-state index in [2.05, 4.69) is 11.7 Å². The monoisotopic (exact) mass is 746 g/mol. The summed E-state index contributed by atoms with van der Waals surface area (Å²) in [7, 11) is 0. The third-order valence-electron chi connectivity index (χ3n) is 8.00. The standard InChI is InChI=1S/C38H42F8O6/c1-3-4-5-6-7-8-9-11-26(2)51-34(47)29-14-12-27(13-15-29)28-16-18-30(19-17-28)52-35(48)32-21-20-31(24-33(32)39)50-23-10-22-49-25-36(40,41)37(42,43)38(44,45)46/h12-21,24,26H,3-11,22-23,25H2,1-2H3. The molecule has 0 radical (unpaired) electrons. The number of rotatable bonds is 21. The van der Waals surface area contributed by atoms with Crippen molar-refractivity contribution in [1.82, 2.24) is 0 Å². The Bertz CT molecular complexity index is 1560. The van der Waals surface area contributed by atoms with Crippen molar-refractivity contribution in [3.05, 3.63) is 83.7 Å². The number of alkyl halides is 7. The lowest BCUT2D eigenvalue weighted by Gasteiger charge is -2.27. The van der Waals surface area contributed by atoms with Crippen molar-refractivity contribution in [2.75, 3.05) is 19.8 Å². The molecule has 0 N–H and O–H groups in total. The average molecular weight is 747 g/mol. The summed E-state index contributed by atoms with van der Waals surface area (Å²) in [6.07, 6.45) is 2.28. The van der Waals surface area contributed by atoms with Crippen LogP contribution in [0.15, 0.2) is 66.7 Å². The first-order valence-corrected chi connectivity index (χ1v) is 17.0. The number of halogens is 8. The molecule has 286 valence electrons. The van der Waals surface area contributed by atoms with Crippen molar-refractivity contribution >= 4 is 11.9 Å². The molecular weight excluding hydrogens is 704 g/mol. The third-order valence-corrected chi connectivity index (χ3v) is 8.00. The summed E-state index contributed by atoms with van der Waals surface area (Å²) in [5.74, 6) is -14.1. The highest BCUT2D eigenvalue weighted by Gasteiger charge is 2.73. The van der Waals surface area contributed by atoms with Crippen molar-refractivity contribution in [3.8, 4) is 22.6 Å². The summed E-state index contributed by atoms with van der Waals surface area (Å²) in [6.45, 7) is 0.978. The predicted molar refractivity (Wildman–Crippen MR) is 178 cm³/mol. The van der Waals surface area contributed by atoms with E-state index in [1.54, 1.807) is 36.4 Å². The molecule has 1 unspecified atom stereocenters. The number of hydrogen-bond acceptors (Lipinski definition) is 6. The highest BCUT2D eigenvalue weighted by atomic mass is 19.4. The second-order valence-corrected chi connectivity index (χ2v) is 12.3. The molecule has 0 amide bonds. The van der Waals surface area contributed by atoms with E-state index in [1.165, 1.54) is 50.3 Å². The number of ether oxygens (including phenoxy) is 4. The maximum atomic E-state index is 14.6. The van der Waals surface area contributed by atoms with Gasteiger partial charge in [0.2, 0.25) is 0 Å². The van der Waals surface area contributed by atoms with Gasteiger partial charge in [0, 0.05) is 12.5 Å². The van der Waals surface area contributed by atoms with E-state index in [0.717, 1.165) is 42.5 Å². The zero-order chi connectivity index (χ0) is 38.4.